The summed E-state index contributed by atoms with van der Waals surface area (Å²) in [5.41, 5.74) is 7.31. The van der Waals surface area contributed by atoms with Gasteiger partial charge in [-0.15, -0.1) is 0 Å². The van der Waals surface area contributed by atoms with Crippen molar-refractivity contribution in [3.05, 3.63) is 23.8 Å². The minimum atomic E-state index is -0.343. The minimum absolute atomic E-state index is 0.343. The molecule has 0 spiro atoms. The third-order valence-electron chi connectivity index (χ3n) is 2.17. The Morgan fingerprint density at radius 1 is 1.36 bits per heavy atom. The van der Waals surface area contributed by atoms with Gasteiger partial charge in [0.25, 0.3) is 0 Å². The third kappa shape index (κ3) is 1.66. The highest BCUT2D eigenvalue weighted by atomic mass is 16.7. The van der Waals surface area contributed by atoms with E-state index in [0.29, 0.717) is 18.9 Å². The molecule has 4 nitrogen and oxygen atoms in total. The van der Waals surface area contributed by atoms with Gasteiger partial charge >= 0.3 is 0 Å². The number of anilines is 1. The van der Waals surface area contributed by atoms with E-state index in [9.17, 15) is 0 Å². The molecular weight excluding hydrogens is 182 g/mol. The van der Waals surface area contributed by atoms with Crippen molar-refractivity contribution in [1.82, 2.24) is 0 Å². The van der Waals surface area contributed by atoms with Crippen molar-refractivity contribution in [1.29, 1.82) is 0 Å². The highest BCUT2D eigenvalue weighted by molar-refractivity contribution is 5.51. The van der Waals surface area contributed by atoms with E-state index < -0.39 is 0 Å². The van der Waals surface area contributed by atoms with Crippen LogP contribution in [0.4, 0.5) is 5.69 Å². The number of rotatable bonds is 2. The number of methoxy groups -OCH3 is 1. The molecule has 1 aromatic rings. The van der Waals surface area contributed by atoms with Gasteiger partial charge in [-0.1, -0.05) is 0 Å². The maximum absolute atomic E-state index is 5.81. The normalized spacial score (nSPS) is 17.2. The van der Waals surface area contributed by atoms with Crippen molar-refractivity contribution in [2.24, 2.45) is 0 Å². The highest BCUT2D eigenvalue weighted by Crippen LogP contribution is 2.30. The Hall–Kier alpha value is -1.26. The Labute approximate surface area is 82.6 Å². The molecule has 76 valence electrons. The molecule has 1 aliphatic rings. The van der Waals surface area contributed by atoms with Gasteiger partial charge in [0.2, 0.25) is 0 Å². The Bertz CT molecular complexity index is 321. The van der Waals surface area contributed by atoms with E-state index >= 15 is 0 Å². The lowest BCUT2D eigenvalue weighted by molar-refractivity contribution is -0.0436. The summed E-state index contributed by atoms with van der Waals surface area (Å²) >= 11 is 0. The number of nitrogens with two attached hydrogens (primary N) is 1. The molecule has 4 heteroatoms. The first-order valence-electron chi connectivity index (χ1n) is 4.48. The van der Waals surface area contributed by atoms with Gasteiger partial charge in [0, 0.05) is 11.3 Å². The molecule has 2 N–H and O–H groups in total. The summed E-state index contributed by atoms with van der Waals surface area (Å²) in [6.45, 7) is 1.22. The van der Waals surface area contributed by atoms with Gasteiger partial charge in [-0.25, -0.2) is 0 Å². The lowest BCUT2D eigenvalue weighted by atomic mass is 10.1. The van der Waals surface area contributed by atoms with Crippen LogP contribution < -0.4 is 10.5 Å². The van der Waals surface area contributed by atoms with E-state index in [-0.39, 0.29) is 6.29 Å². The zero-order valence-corrected chi connectivity index (χ0v) is 8.03. The van der Waals surface area contributed by atoms with E-state index in [1.54, 1.807) is 13.2 Å². The molecule has 2 rings (SSSR count). The van der Waals surface area contributed by atoms with E-state index in [2.05, 4.69) is 0 Å². The zero-order valence-electron chi connectivity index (χ0n) is 8.03. The fourth-order valence-electron chi connectivity index (χ4n) is 1.42. The number of hydrogen-bond donors (Lipinski definition) is 1. The summed E-state index contributed by atoms with van der Waals surface area (Å²) in [7, 11) is 1.62. The molecule has 0 saturated carbocycles. The predicted molar refractivity (Wildman–Crippen MR) is 52.1 cm³/mol. The molecule has 0 radical (unpaired) electrons. The van der Waals surface area contributed by atoms with Crippen LogP contribution in [0.15, 0.2) is 18.2 Å². The number of benzene rings is 1. The smallest absolute Gasteiger partial charge is 0.186 e. The van der Waals surface area contributed by atoms with Crippen molar-refractivity contribution < 1.29 is 14.2 Å². The van der Waals surface area contributed by atoms with Crippen LogP contribution in [0.2, 0.25) is 0 Å². The monoisotopic (exact) mass is 195 g/mol. The summed E-state index contributed by atoms with van der Waals surface area (Å²) < 4.78 is 15.8. The lowest BCUT2D eigenvalue weighted by Gasteiger charge is -2.13. The van der Waals surface area contributed by atoms with Crippen molar-refractivity contribution in [2.45, 2.75) is 6.29 Å². The van der Waals surface area contributed by atoms with Crippen molar-refractivity contribution >= 4 is 5.69 Å². The largest absolute Gasteiger partial charge is 0.497 e. The fraction of sp³-hybridized carbons (Fsp3) is 0.400. The van der Waals surface area contributed by atoms with Crippen LogP contribution in [0.3, 0.4) is 0 Å². The van der Waals surface area contributed by atoms with Crippen molar-refractivity contribution in [2.75, 3.05) is 26.1 Å². The van der Waals surface area contributed by atoms with Crippen molar-refractivity contribution in [3.8, 4) is 5.75 Å². The first kappa shape index (κ1) is 9.30. The van der Waals surface area contributed by atoms with Gasteiger partial charge in [-0.05, 0) is 18.2 Å². The van der Waals surface area contributed by atoms with Crippen molar-refractivity contribution in [3.63, 3.8) is 0 Å². The van der Waals surface area contributed by atoms with Crippen LogP contribution in [-0.2, 0) is 9.47 Å². The molecule has 0 bridgehead atoms. The molecular formula is C10H13NO3. The summed E-state index contributed by atoms with van der Waals surface area (Å²) in [5.74, 6) is 0.758. The Morgan fingerprint density at radius 3 is 2.71 bits per heavy atom. The van der Waals surface area contributed by atoms with Gasteiger partial charge in [0.05, 0.1) is 20.3 Å². The molecule has 1 saturated heterocycles. The van der Waals surface area contributed by atoms with Gasteiger partial charge in [0.1, 0.15) is 5.75 Å². The van der Waals surface area contributed by atoms with Gasteiger partial charge in [0.15, 0.2) is 6.29 Å². The quantitative estimate of drug-likeness (QED) is 0.723. The Balaban J connectivity index is 2.29. The van der Waals surface area contributed by atoms with Crippen LogP contribution in [-0.4, -0.2) is 20.3 Å². The van der Waals surface area contributed by atoms with Crippen LogP contribution in [0, 0.1) is 0 Å². The molecule has 1 fully saturated rings. The average molecular weight is 195 g/mol. The summed E-state index contributed by atoms with van der Waals surface area (Å²) in [6.07, 6.45) is -0.343. The van der Waals surface area contributed by atoms with Crippen LogP contribution in [0.25, 0.3) is 0 Å². The number of nitrogen functional groups attached to an aromatic ring is 1. The summed E-state index contributed by atoms with van der Waals surface area (Å²) in [5, 5.41) is 0. The molecule has 0 aliphatic carbocycles. The van der Waals surface area contributed by atoms with Crippen LogP contribution in [0.1, 0.15) is 11.9 Å². The van der Waals surface area contributed by atoms with E-state index in [1.807, 2.05) is 12.1 Å². The van der Waals surface area contributed by atoms with Crippen LogP contribution in [0.5, 0.6) is 5.75 Å². The Morgan fingerprint density at radius 2 is 2.07 bits per heavy atom. The lowest BCUT2D eigenvalue weighted by Crippen LogP contribution is -2.03. The predicted octanol–water partition coefficient (Wildman–Crippen LogP) is 1.32. The van der Waals surface area contributed by atoms with Gasteiger partial charge in [-0.3, -0.25) is 0 Å². The van der Waals surface area contributed by atoms with Crippen LogP contribution >= 0.6 is 0 Å². The third-order valence-corrected chi connectivity index (χ3v) is 2.17. The fourth-order valence-corrected chi connectivity index (χ4v) is 1.42. The first-order chi connectivity index (χ1) is 6.81. The second kappa shape index (κ2) is 3.86. The zero-order chi connectivity index (χ0) is 9.97. The van der Waals surface area contributed by atoms with E-state index in [4.69, 9.17) is 19.9 Å². The highest BCUT2D eigenvalue weighted by Gasteiger charge is 2.20. The van der Waals surface area contributed by atoms with E-state index in [1.165, 1.54) is 0 Å². The maximum Gasteiger partial charge on any atom is 0.186 e. The standard InChI is InChI=1S/C10H13NO3/c1-12-7-2-3-9(11)8(6-7)10-13-4-5-14-10/h2-3,6,10H,4-5,11H2,1H3. The SMILES string of the molecule is COc1ccc(N)c(C2OCCO2)c1. The number of ether oxygens (including phenoxy) is 3. The first-order valence-corrected chi connectivity index (χ1v) is 4.48. The molecule has 1 heterocycles. The summed E-state index contributed by atoms with van der Waals surface area (Å²) in [6, 6.07) is 5.44. The maximum atomic E-state index is 5.81. The molecule has 0 unspecified atom stereocenters. The molecule has 0 amide bonds. The van der Waals surface area contributed by atoms with Gasteiger partial charge < -0.3 is 19.9 Å². The summed E-state index contributed by atoms with van der Waals surface area (Å²) in [4.78, 5) is 0. The van der Waals surface area contributed by atoms with E-state index in [0.717, 1.165) is 11.3 Å². The molecule has 0 atom stereocenters. The molecule has 0 aromatic heterocycles. The van der Waals surface area contributed by atoms with Gasteiger partial charge in [-0.2, -0.15) is 0 Å². The number of hydrogen-bond acceptors (Lipinski definition) is 4. The second-order valence-corrected chi connectivity index (χ2v) is 3.07. The second-order valence-electron chi connectivity index (χ2n) is 3.07. The Kier molecular flexibility index (Phi) is 2.56. The molecule has 14 heavy (non-hydrogen) atoms. The molecule has 1 aromatic carbocycles. The minimum Gasteiger partial charge on any atom is -0.497 e. The molecule has 1 aliphatic heterocycles. The average Bonchev–Trinajstić information content (AvgIpc) is 2.71. The topological polar surface area (TPSA) is 53.7 Å².